The molecule has 0 radical (unpaired) electrons. The van der Waals surface area contributed by atoms with Crippen LogP contribution < -0.4 is 15.0 Å². The summed E-state index contributed by atoms with van der Waals surface area (Å²) in [6, 6.07) is 11.7. The number of hydrogen-bond donors (Lipinski definition) is 2. The zero-order chi connectivity index (χ0) is 31.0. The summed E-state index contributed by atoms with van der Waals surface area (Å²) in [5.41, 5.74) is 2.45. The van der Waals surface area contributed by atoms with Crippen molar-refractivity contribution < 1.29 is 23.1 Å². The predicted octanol–water partition coefficient (Wildman–Crippen LogP) is 8.53. The molecule has 1 heterocycles. The Kier molecular flexibility index (Phi) is 11.8. The highest BCUT2D eigenvalue weighted by molar-refractivity contribution is 7.98. The number of carboxylic acid groups (broad SMARTS) is 1. The summed E-state index contributed by atoms with van der Waals surface area (Å²) < 4.78 is 34.0. The summed E-state index contributed by atoms with van der Waals surface area (Å²) in [4.78, 5) is 14.2. The largest absolute Gasteiger partial charge is 0.478 e. The zero-order valence-electron chi connectivity index (χ0n) is 26.0. The molecule has 0 spiro atoms. The first-order valence-electron chi connectivity index (χ1n) is 15.0. The first kappa shape index (κ1) is 33.8. The molecule has 0 amide bonds. The Labute approximate surface area is 257 Å². The first-order chi connectivity index (χ1) is 19.8. The van der Waals surface area contributed by atoms with Gasteiger partial charge in [-0.2, -0.15) is 0 Å². The molecule has 1 aliphatic rings. The zero-order valence-corrected chi connectivity index (χ0v) is 27.7. The van der Waals surface area contributed by atoms with Crippen molar-refractivity contribution in [3.8, 4) is 5.75 Å². The molecule has 1 aliphatic heterocycles. The SMILES string of the molecule is CCCCC1(CCCC)CN(c2ccc(NCCC(C)(C)C)cc2)c2cc(SC)c(O/C=C/C(=O)O)cc2S(=O)(=O)C1. The number of thioether (sulfide) groups is 1. The number of ether oxygens (including phenoxy) is 1. The minimum atomic E-state index is -3.69. The van der Waals surface area contributed by atoms with Crippen molar-refractivity contribution in [3.05, 3.63) is 48.7 Å². The molecule has 3 rings (SSSR count). The van der Waals surface area contributed by atoms with Crippen LogP contribution in [0.4, 0.5) is 17.1 Å². The third kappa shape index (κ3) is 9.17. The van der Waals surface area contributed by atoms with Crippen molar-refractivity contribution in [3.63, 3.8) is 0 Å². The molecule has 42 heavy (non-hydrogen) atoms. The minimum absolute atomic E-state index is 0.0684. The first-order valence-corrected chi connectivity index (χ1v) is 17.8. The Bertz CT molecular complexity index is 1320. The Balaban J connectivity index is 2.14. The summed E-state index contributed by atoms with van der Waals surface area (Å²) in [5.74, 6) is -0.739. The fraction of sp³-hybridized carbons (Fsp3) is 0.545. The lowest BCUT2D eigenvalue weighted by atomic mass is 9.79. The van der Waals surface area contributed by atoms with E-state index in [-0.39, 0.29) is 16.1 Å². The van der Waals surface area contributed by atoms with Crippen LogP contribution in [-0.2, 0) is 14.6 Å². The van der Waals surface area contributed by atoms with Crippen LogP contribution in [0.1, 0.15) is 79.6 Å². The summed E-state index contributed by atoms with van der Waals surface area (Å²) >= 11 is 1.43. The smallest absolute Gasteiger partial charge is 0.331 e. The topological polar surface area (TPSA) is 95.9 Å². The van der Waals surface area contributed by atoms with Crippen molar-refractivity contribution in [2.75, 3.05) is 35.3 Å². The molecule has 0 aromatic heterocycles. The molecular weight excluding hydrogens is 569 g/mol. The molecule has 2 aromatic carbocycles. The van der Waals surface area contributed by atoms with Crippen LogP contribution >= 0.6 is 11.8 Å². The number of hydrogen-bond acceptors (Lipinski definition) is 7. The Morgan fingerprint density at radius 2 is 1.76 bits per heavy atom. The lowest BCUT2D eigenvalue weighted by molar-refractivity contribution is -0.131. The molecular formula is C33H48N2O5S2. The summed E-state index contributed by atoms with van der Waals surface area (Å²) in [6.07, 6.45) is 10.5. The quantitative estimate of drug-likeness (QED) is 0.124. The molecule has 232 valence electrons. The second kappa shape index (κ2) is 14.7. The summed E-state index contributed by atoms with van der Waals surface area (Å²) in [6.45, 7) is 12.5. The highest BCUT2D eigenvalue weighted by atomic mass is 32.2. The number of fused-ring (bicyclic) bond motifs is 1. The van der Waals surface area contributed by atoms with Gasteiger partial charge in [-0.1, -0.05) is 60.3 Å². The van der Waals surface area contributed by atoms with E-state index < -0.39 is 21.2 Å². The number of carbonyl (C=O) groups is 1. The number of nitrogens with one attached hydrogen (secondary N) is 1. The lowest BCUT2D eigenvalue weighted by Gasteiger charge is -2.37. The van der Waals surface area contributed by atoms with Gasteiger partial charge in [0.1, 0.15) is 5.75 Å². The third-order valence-electron chi connectivity index (χ3n) is 7.77. The van der Waals surface area contributed by atoms with Crippen LogP contribution in [0.2, 0.25) is 0 Å². The van der Waals surface area contributed by atoms with E-state index in [4.69, 9.17) is 9.84 Å². The number of nitrogens with zero attached hydrogens (tertiary/aromatic N) is 1. The molecule has 0 unspecified atom stereocenters. The maximum atomic E-state index is 14.2. The van der Waals surface area contributed by atoms with Crippen LogP contribution in [-0.4, -0.2) is 44.6 Å². The van der Waals surface area contributed by atoms with Crippen molar-refractivity contribution in [1.82, 2.24) is 0 Å². The molecule has 0 fully saturated rings. The average molecular weight is 617 g/mol. The van der Waals surface area contributed by atoms with Crippen LogP contribution in [0.25, 0.3) is 0 Å². The van der Waals surface area contributed by atoms with E-state index in [2.05, 4.69) is 69.1 Å². The number of aliphatic carboxylic acids is 1. The Hall–Kier alpha value is -2.65. The maximum Gasteiger partial charge on any atom is 0.331 e. The normalized spacial score (nSPS) is 16.2. The third-order valence-corrected chi connectivity index (χ3v) is 10.5. The monoisotopic (exact) mass is 616 g/mol. The number of benzene rings is 2. The second-order valence-electron chi connectivity index (χ2n) is 12.6. The highest BCUT2D eigenvalue weighted by Crippen LogP contribution is 2.48. The van der Waals surface area contributed by atoms with Crippen LogP contribution in [0.3, 0.4) is 0 Å². The van der Waals surface area contributed by atoms with E-state index in [1.165, 1.54) is 11.8 Å². The lowest BCUT2D eigenvalue weighted by Crippen LogP contribution is -2.38. The van der Waals surface area contributed by atoms with Gasteiger partial charge in [0.05, 0.1) is 33.6 Å². The molecule has 0 saturated heterocycles. The van der Waals surface area contributed by atoms with E-state index in [0.717, 1.165) is 80.1 Å². The highest BCUT2D eigenvalue weighted by Gasteiger charge is 2.42. The molecule has 0 bridgehead atoms. The predicted molar refractivity (Wildman–Crippen MR) is 175 cm³/mol. The van der Waals surface area contributed by atoms with Gasteiger partial charge in [0.15, 0.2) is 9.84 Å². The maximum absolute atomic E-state index is 14.2. The van der Waals surface area contributed by atoms with Crippen molar-refractivity contribution in [2.45, 2.75) is 89.4 Å². The van der Waals surface area contributed by atoms with Crippen molar-refractivity contribution in [2.24, 2.45) is 10.8 Å². The average Bonchev–Trinajstić information content (AvgIpc) is 3.02. The molecule has 9 heteroatoms. The molecule has 0 atom stereocenters. The van der Waals surface area contributed by atoms with Crippen LogP contribution in [0.15, 0.2) is 58.5 Å². The van der Waals surface area contributed by atoms with Gasteiger partial charge in [-0.25, -0.2) is 13.2 Å². The fourth-order valence-electron chi connectivity index (χ4n) is 5.46. The number of rotatable bonds is 14. The van der Waals surface area contributed by atoms with Crippen molar-refractivity contribution in [1.29, 1.82) is 0 Å². The van der Waals surface area contributed by atoms with Gasteiger partial charge in [-0.3, -0.25) is 0 Å². The van der Waals surface area contributed by atoms with Gasteiger partial charge in [-0.05, 0) is 61.3 Å². The van der Waals surface area contributed by atoms with Crippen LogP contribution in [0.5, 0.6) is 5.75 Å². The summed E-state index contributed by atoms with van der Waals surface area (Å²) in [7, 11) is -3.69. The molecule has 2 N–H and O–H groups in total. The summed E-state index contributed by atoms with van der Waals surface area (Å²) in [5, 5.41) is 12.5. The number of sulfone groups is 1. The molecule has 2 aromatic rings. The van der Waals surface area contributed by atoms with E-state index in [0.29, 0.717) is 18.0 Å². The Morgan fingerprint density at radius 1 is 1.12 bits per heavy atom. The van der Waals surface area contributed by atoms with E-state index in [9.17, 15) is 13.2 Å². The van der Waals surface area contributed by atoms with Gasteiger partial charge in [0, 0.05) is 35.9 Å². The second-order valence-corrected chi connectivity index (χ2v) is 15.4. The molecule has 0 saturated carbocycles. The van der Waals surface area contributed by atoms with Crippen LogP contribution in [0, 0.1) is 10.8 Å². The molecule has 7 nitrogen and oxygen atoms in total. The minimum Gasteiger partial charge on any atom is -0.478 e. The van der Waals surface area contributed by atoms with Gasteiger partial charge in [-0.15, -0.1) is 11.8 Å². The van der Waals surface area contributed by atoms with Gasteiger partial charge < -0.3 is 20.1 Å². The van der Waals surface area contributed by atoms with Gasteiger partial charge >= 0.3 is 5.97 Å². The Morgan fingerprint density at radius 3 is 2.31 bits per heavy atom. The fourth-order valence-corrected chi connectivity index (χ4v) is 8.11. The van der Waals surface area contributed by atoms with Gasteiger partial charge in [0.2, 0.25) is 0 Å². The number of carboxylic acids is 1. The van der Waals surface area contributed by atoms with E-state index >= 15 is 0 Å². The van der Waals surface area contributed by atoms with Crippen molar-refractivity contribution >= 4 is 44.6 Å². The number of anilines is 3. The van der Waals surface area contributed by atoms with E-state index in [1.54, 1.807) is 6.07 Å². The molecule has 0 aliphatic carbocycles. The number of unbranched alkanes of at least 4 members (excludes halogenated alkanes) is 2. The van der Waals surface area contributed by atoms with Gasteiger partial charge in [0.25, 0.3) is 0 Å². The van der Waals surface area contributed by atoms with E-state index in [1.807, 2.05) is 12.3 Å². The standard InChI is InChI=1S/C33H48N2O5S2/c1-7-9-16-33(17-10-8-2)23-35(26-13-11-25(12-14-26)34-19-18-32(3,4)5)27-21-29(41-6)28(40-20-15-31(36)37)22-30(27)42(38,39)24-33/h11-15,20-22,34H,7-10,16-19,23-24H2,1-6H3,(H,36,37)/b20-15+.